The highest BCUT2D eigenvalue weighted by Gasteiger charge is 2.09. The molecule has 3 aromatic heterocycles. The van der Waals surface area contributed by atoms with E-state index in [1.165, 1.54) is 0 Å². The first-order valence-electron chi connectivity index (χ1n) is 6.84. The van der Waals surface area contributed by atoms with Gasteiger partial charge in [-0.15, -0.1) is 5.10 Å². The Morgan fingerprint density at radius 2 is 2.20 bits per heavy atom. The minimum Gasteiger partial charge on any atom is -0.469 e. The standard InChI is InChI=1S/C15H18N4O/c1-11(8-9-13-6-4-10-20-13)16-15-17-14-7-3-5-12(2)19(14)18-15/h3-7,10-11H,8-9H2,1-2H3,(H,16,18). The van der Waals surface area contributed by atoms with E-state index < -0.39 is 0 Å². The monoisotopic (exact) mass is 270 g/mol. The lowest BCUT2D eigenvalue weighted by Gasteiger charge is -2.10. The minimum absolute atomic E-state index is 0.290. The molecule has 3 rings (SSSR count). The first-order chi connectivity index (χ1) is 9.72. The van der Waals surface area contributed by atoms with Crippen LogP contribution in [-0.4, -0.2) is 20.6 Å². The Morgan fingerprint density at radius 3 is 2.95 bits per heavy atom. The third-order valence-electron chi connectivity index (χ3n) is 3.33. The van der Waals surface area contributed by atoms with Gasteiger partial charge in [0.2, 0.25) is 5.95 Å². The molecule has 5 nitrogen and oxygen atoms in total. The predicted molar refractivity (Wildman–Crippen MR) is 77.8 cm³/mol. The number of nitrogens with one attached hydrogen (secondary N) is 1. The van der Waals surface area contributed by atoms with Gasteiger partial charge in [-0.1, -0.05) is 6.07 Å². The maximum Gasteiger partial charge on any atom is 0.243 e. The summed E-state index contributed by atoms with van der Waals surface area (Å²) in [6.07, 6.45) is 3.59. The van der Waals surface area contributed by atoms with E-state index in [1.54, 1.807) is 6.26 Å². The molecule has 0 spiro atoms. The molecule has 0 fully saturated rings. The molecule has 0 aromatic carbocycles. The molecule has 5 heteroatoms. The van der Waals surface area contributed by atoms with E-state index in [-0.39, 0.29) is 6.04 Å². The zero-order valence-corrected chi connectivity index (χ0v) is 11.7. The number of rotatable bonds is 5. The quantitative estimate of drug-likeness (QED) is 0.774. The maximum absolute atomic E-state index is 5.33. The van der Waals surface area contributed by atoms with Crippen molar-refractivity contribution in [1.82, 2.24) is 14.6 Å². The summed E-state index contributed by atoms with van der Waals surface area (Å²) in [6.45, 7) is 4.15. The number of nitrogens with zero attached hydrogens (tertiary/aromatic N) is 3. The summed E-state index contributed by atoms with van der Waals surface area (Å²) >= 11 is 0. The largest absolute Gasteiger partial charge is 0.469 e. The molecule has 0 radical (unpaired) electrons. The summed E-state index contributed by atoms with van der Waals surface area (Å²) < 4.78 is 7.18. The smallest absolute Gasteiger partial charge is 0.243 e. The number of hydrogen-bond donors (Lipinski definition) is 1. The van der Waals surface area contributed by atoms with Crippen molar-refractivity contribution in [2.45, 2.75) is 32.7 Å². The average molecular weight is 270 g/mol. The van der Waals surface area contributed by atoms with Gasteiger partial charge in [0, 0.05) is 18.2 Å². The molecule has 0 aliphatic rings. The summed E-state index contributed by atoms with van der Waals surface area (Å²) in [4.78, 5) is 4.48. The molecule has 3 aromatic rings. The summed E-state index contributed by atoms with van der Waals surface area (Å²) in [5.74, 6) is 1.68. The van der Waals surface area contributed by atoms with Crippen LogP contribution in [0.3, 0.4) is 0 Å². The Hall–Kier alpha value is -2.30. The van der Waals surface area contributed by atoms with Gasteiger partial charge in [0.25, 0.3) is 0 Å². The third-order valence-corrected chi connectivity index (χ3v) is 3.33. The molecule has 3 heterocycles. The number of furan rings is 1. The summed E-state index contributed by atoms with van der Waals surface area (Å²) in [6, 6.07) is 10.2. The zero-order chi connectivity index (χ0) is 13.9. The van der Waals surface area contributed by atoms with E-state index >= 15 is 0 Å². The Balaban J connectivity index is 1.65. The van der Waals surface area contributed by atoms with Gasteiger partial charge in [-0.25, -0.2) is 4.52 Å². The van der Waals surface area contributed by atoms with Crippen LogP contribution in [0.15, 0.2) is 41.0 Å². The first kappa shape index (κ1) is 12.7. The Morgan fingerprint density at radius 1 is 1.30 bits per heavy atom. The lowest BCUT2D eigenvalue weighted by atomic mass is 10.1. The van der Waals surface area contributed by atoms with Crippen LogP contribution in [0, 0.1) is 6.92 Å². The number of aromatic nitrogens is 3. The predicted octanol–water partition coefficient (Wildman–Crippen LogP) is 3.06. The van der Waals surface area contributed by atoms with E-state index in [4.69, 9.17) is 4.42 Å². The van der Waals surface area contributed by atoms with Crippen LogP contribution in [0.1, 0.15) is 24.8 Å². The lowest BCUT2D eigenvalue weighted by Crippen LogP contribution is -2.17. The van der Waals surface area contributed by atoms with E-state index in [0.717, 1.165) is 29.9 Å². The van der Waals surface area contributed by atoms with Gasteiger partial charge in [-0.05, 0) is 44.5 Å². The van der Waals surface area contributed by atoms with Gasteiger partial charge in [0.15, 0.2) is 5.65 Å². The van der Waals surface area contributed by atoms with Crippen molar-refractivity contribution < 1.29 is 4.42 Å². The van der Waals surface area contributed by atoms with E-state index in [9.17, 15) is 0 Å². The molecule has 1 N–H and O–H groups in total. The number of hydrogen-bond acceptors (Lipinski definition) is 4. The van der Waals surface area contributed by atoms with Gasteiger partial charge in [-0.2, -0.15) is 4.98 Å². The molecule has 0 amide bonds. The molecular formula is C15H18N4O. The van der Waals surface area contributed by atoms with E-state index in [0.29, 0.717) is 5.95 Å². The van der Waals surface area contributed by atoms with E-state index in [2.05, 4.69) is 22.3 Å². The topological polar surface area (TPSA) is 55.4 Å². The molecule has 104 valence electrons. The molecule has 0 aliphatic carbocycles. The number of anilines is 1. The molecule has 0 aliphatic heterocycles. The molecule has 1 atom stereocenters. The van der Waals surface area contributed by atoms with Gasteiger partial charge in [-0.3, -0.25) is 0 Å². The summed E-state index contributed by atoms with van der Waals surface area (Å²) in [5, 5.41) is 7.80. The Bertz CT molecular complexity index is 687. The zero-order valence-electron chi connectivity index (χ0n) is 11.7. The molecule has 1 unspecified atom stereocenters. The van der Waals surface area contributed by atoms with Gasteiger partial charge in [0.05, 0.1) is 6.26 Å². The Labute approximate surface area is 117 Å². The molecule has 0 saturated heterocycles. The van der Waals surface area contributed by atoms with Crippen molar-refractivity contribution in [3.8, 4) is 0 Å². The number of fused-ring (bicyclic) bond motifs is 1. The van der Waals surface area contributed by atoms with Crippen LogP contribution in [0.2, 0.25) is 0 Å². The van der Waals surface area contributed by atoms with Crippen molar-refractivity contribution in [2.75, 3.05) is 5.32 Å². The molecule has 20 heavy (non-hydrogen) atoms. The van der Waals surface area contributed by atoms with Crippen LogP contribution >= 0.6 is 0 Å². The fraction of sp³-hybridized carbons (Fsp3) is 0.333. The first-order valence-corrected chi connectivity index (χ1v) is 6.84. The van der Waals surface area contributed by atoms with Crippen LogP contribution in [0.4, 0.5) is 5.95 Å². The van der Waals surface area contributed by atoms with Gasteiger partial charge < -0.3 is 9.73 Å². The molecule has 0 saturated carbocycles. The van der Waals surface area contributed by atoms with Crippen LogP contribution < -0.4 is 5.32 Å². The van der Waals surface area contributed by atoms with Crippen LogP contribution in [-0.2, 0) is 6.42 Å². The number of aryl methyl sites for hydroxylation is 2. The SMILES string of the molecule is Cc1cccc2nc(NC(C)CCc3ccco3)nn12. The van der Waals surface area contributed by atoms with Crippen molar-refractivity contribution in [1.29, 1.82) is 0 Å². The second-order valence-electron chi connectivity index (χ2n) is 5.04. The highest BCUT2D eigenvalue weighted by molar-refractivity contribution is 5.44. The number of pyridine rings is 1. The summed E-state index contributed by atoms with van der Waals surface area (Å²) in [5.41, 5.74) is 1.94. The van der Waals surface area contributed by atoms with Crippen molar-refractivity contribution in [2.24, 2.45) is 0 Å². The van der Waals surface area contributed by atoms with E-state index in [1.807, 2.05) is 41.8 Å². The highest BCUT2D eigenvalue weighted by Crippen LogP contribution is 2.11. The second kappa shape index (κ2) is 5.36. The fourth-order valence-electron chi connectivity index (χ4n) is 2.20. The average Bonchev–Trinajstić information content (AvgIpc) is 3.05. The lowest BCUT2D eigenvalue weighted by molar-refractivity contribution is 0.494. The molecular weight excluding hydrogens is 252 g/mol. The van der Waals surface area contributed by atoms with Crippen LogP contribution in [0.5, 0.6) is 0 Å². The van der Waals surface area contributed by atoms with Crippen LogP contribution in [0.25, 0.3) is 5.65 Å². The molecule has 0 bridgehead atoms. The van der Waals surface area contributed by atoms with Crippen molar-refractivity contribution in [3.63, 3.8) is 0 Å². The van der Waals surface area contributed by atoms with Gasteiger partial charge in [0.1, 0.15) is 5.76 Å². The van der Waals surface area contributed by atoms with Crippen molar-refractivity contribution in [3.05, 3.63) is 48.0 Å². The minimum atomic E-state index is 0.290. The summed E-state index contributed by atoms with van der Waals surface area (Å²) in [7, 11) is 0. The highest BCUT2D eigenvalue weighted by atomic mass is 16.3. The fourth-order valence-corrected chi connectivity index (χ4v) is 2.20. The third kappa shape index (κ3) is 2.66. The normalized spacial score (nSPS) is 12.7. The second-order valence-corrected chi connectivity index (χ2v) is 5.04. The maximum atomic E-state index is 5.33. The van der Waals surface area contributed by atoms with Crippen molar-refractivity contribution >= 4 is 11.6 Å². The van der Waals surface area contributed by atoms with Gasteiger partial charge >= 0.3 is 0 Å². The Kier molecular flexibility index (Phi) is 3.41.